The van der Waals surface area contributed by atoms with Gasteiger partial charge in [0.2, 0.25) is 0 Å². The van der Waals surface area contributed by atoms with E-state index in [0.717, 1.165) is 24.9 Å². The molecule has 3 unspecified atom stereocenters. The summed E-state index contributed by atoms with van der Waals surface area (Å²) >= 11 is 0. The van der Waals surface area contributed by atoms with Gasteiger partial charge < -0.3 is 10.1 Å². The van der Waals surface area contributed by atoms with Crippen LogP contribution in [0.1, 0.15) is 40.0 Å². The van der Waals surface area contributed by atoms with Gasteiger partial charge in [0.25, 0.3) is 0 Å². The van der Waals surface area contributed by atoms with E-state index in [2.05, 4.69) is 32.7 Å². The van der Waals surface area contributed by atoms with Crippen LogP contribution in [0.3, 0.4) is 0 Å². The molecule has 0 amide bonds. The van der Waals surface area contributed by atoms with Crippen LogP contribution in [0.15, 0.2) is 12.7 Å². The number of hydrogen-bond acceptors (Lipinski definition) is 2. The van der Waals surface area contributed by atoms with Gasteiger partial charge in [0, 0.05) is 13.1 Å². The molecule has 94 valence electrons. The summed E-state index contributed by atoms with van der Waals surface area (Å²) < 4.78 is 6.08. The first kappa shape index (κ1) is 13.7. The molecule has 0 heterocycles. The lowest BCUT2D eigenvalue weighted by molar-refractivity contribution is -0.0397. The molecular formula is C14H27NO. The van der Waals surface area contributed by atoms with Crippen molar-refractivity contribution in [2.24, 2.45) is 11.8 Å². The lowest BCUT2D eigenvalue weighted by Gasteiger charge is -2.33. The molecule has 2 nitrogen and oxygen atoms in total. The van der Waals surface area contributed by atoms with Crippen molar-refractivity contribution < 1.29 is 4.74 Å². The Hall–Kier alpha value is -0.340. The van der Waals surface area contributed by atoms with Crippen molar-refractivity contribution in [3.63, 3.8) is 0 Å². The van der Waals surface area contributed by atoms with Gasteiger partial charge in [-0.05, 0) is 38.0 Å². The molecule has 1 rings (SSSR count). The van der Waals surface area contributed by atoms with Crippen LogP contribution in [0.4, 0.5) is 0 Å². The summed E-state index contributed by atoms with van der Waals surface area (Å²) in [6.07, 6.45) is 6.49. The van der Waals surface area contributed by atoms with Gasteiger partial charge >= 0.3 is 0 Å². The molecule has 0 radical (unpaired) electrons. The summed E-state index contributed by atoms with van der Waals surface area (Å²) in [5.41, 5.74) is 0. The van der Waals surface area contributed by atoms with Gasteiger partial charge in [-0.15, -0.1) is 6.58 Å². The minimum Gasteiger partial charge on any atom is -0.374 e. The molecule has 0 aromatic carbocycles. The van der Waals surface area contributed by atoms with E-state index >= 15 is 0 Å². The molecule has 0 aromatic heterocycles. The van der Waals surface area contributed by atoms with Crippen LogP contribution in [0.25, 0.3) is 0 Å². The Morgan fingerprint density at radius 3 is 2.50 bits per heavy atom. The monoisotopic (exact) mass is 225 g/mol. The zero-order chi connectivity index (χ0) is 12.0. The van der Waals surface area contributed by atoms with Crippen molar-refractivity contribution in [1.82, 2.24) is 5.32 Å². The van der Waals surface area contributed by atoms with E-state index in [1.807, 2.05) is 6.08 Å². The van der Waals surface area contributed by atoms with Crippen LogP contribution < -0.4 is 5.32 Å². The Morgan fingerprint density at radius 2 is 1.94 bits per heavy atom. The quantitative estimate of drug-likeness (QED) is 0.554. The van der Waals surface area contributed by atoms with Crippen molar-refractivity contribution in [3.8, 4) is 0 Å². The molecule has 1 fully saturated rings. The third-order valence-corrected chi connectivity index (χ3v) is 3.28. The van der Waals surface area contributed by atoms with Gasteiger partial charge in [-0.2, -0.15) is 0 Å². The van der Waals surface area contributed by atoms with E-state index in [1.165, 1.54) is 19.3 Å². The van der Waals surface area contributed by atoms with Gasteiger partial charge in [-0.1, -0.05) is 19.9 Å². The molecule has 0 bridgehead atoms. The molecule has 0 aromatic rings. The van der Waals surface area contributed by atoms with Crippen molar-refractivity contribution in [2.75, 3.05) is 13.1 Å². The summed E-state index contributed by atoms with van der Waals surface area (Å²) in [7, 11) is 0. The molecule has 1 aliphatic carbocycles. The number of hydrogen-bond donors (Lipinski definition) is 1. The molecule has 1 aliphatic rings. The summed E-state index contributed by atoms with van der Waals surface area (Å²) in [5.74, 6) is 1.64. The minimum absolute atomic E-state index is 0.308. The molecule has 0 spiro atoms. The standard InChI is InChI=1S/C14H27NO/c1-5-6-15-10-13(4)16-14-8-11(2)7-12(3)9-14/h5,11-15H,1,6-10H2,2-4H3. The Balaban J connectivity index is 2.21. The van der Waals surface area contributed by atoms with Crippen LogP contribution in [0.5, 0.6) is 0 Å². The summed E-state index contributed by atoms with van der Waals surface area (Å²) in [4.78, 5) is 0. The molecule has 1 N–H and O–H groups in total. The maximum atomic E-state index is 6.08. The highest BCUT2D eigenvalue weighted by atomic mass is 16.5. The van der Waals surface area contributed by atoms with Crippen LogP contribution in [-0.4, -0.2) is 25.3 Å². The highest BCUT2D eigenvalue weighted by molar-refractivity contribution is 4.77. The lowest BCUT2D eigenvalue weighted by atomic mass is 9.82. The molecule has 0 saturated heterocycles. The molecule has 2 heteroatoms. The average molecular weight is 225 g/mol. The van der Waals surface area contributed by atoms with Crippen molar-refractivity contribution >= 4 is 0 Å². The average Bonchev–Trinajstić information content (AvgIpc) is 2.16. The molecule has 1 saturated carbocycles. The van der Waals surface area contributed by atoms with Crippen molar-refractivity contribution in [3.05, 3.63) is 12.7 Å². The Bertz CT molecular complexity index is 195. The van der Waals surface area contributed by atoms with E-state index in [-0.39, 0.29) is 0 Å². The largest absolute Gasteiger partial charge is 0.374 e. The highest BCUT2D eigenvalue weighted by Gasteiger charge is 2.25. The SMILES string of the molecule is C=CCNCC(C)OC1CC(C)CC(C)C1. The number of nitrogens with one attached hydrogen (secondary N) is 1. The first-order valence-electron chi connectivity index (χ1n) is 6.58. The predicted octanol–water partition coefficient (Wildman–Crippen LogP) is 2.99. The topological polar surface area (TPSA) is 21.3 Å². The number of ether oxygens (including phenoxy) is 1. The van der Waals surface area contributed by atoms with Crippen LogP contribution in [0.2, 0.25) is 0 Å². The van der Waals surface area contributed by atoms with E-state index < -0.39 is 0 Å². The fourth-order valence-electron chi connectivity index (χ4n) is 2.75. The zero-order valence-electron chi connectivity index (χ0n) is 11.0. The van der Waals surface area contributed by atoms with Gasteiger partial charge in [-0.25, -0.2) is 0 Å². The lowest BCUT2D eigenvalue weighted by Crippen LogP contribution is -2.34. The van der Waals surface area contributed by atoms with E-state index in [0.29, 0.717) is 12.2 Å². The van der Waals surface area contributed by atoms with Gasteiger partial charge in [0.05, 0.1) is 12.2 Å². The number of rotatable bonds is 6. The smallest absolute Gasteiger partial charge is 0.0675 e. The van der Waals surface area contributed by atoms with Gasteiger partial charge in [0.15, 0.2) is 0 Å². The second kappa shape index (κ2) is 7.08. The fourth-order valence-corrected chi connectivity index (χ4v) is 2.75. The molecule has 0 aliphatic heterocycles. The van der Waals surface area contributed by atoms with Gasteiger partial charge in [0.1, 0.15) is 0 Å². The summed E-state index contributed by atoms with van der Waals surface area (Å²) in [5, 5.41) is 3.30. The van der Waals surface area contributed by atoms with Crippen molar-refractivity contribution in [2.45, 2.75) is 52.2 Å². The van der Waals surface area contributed by atoms with Crippen molar-refractivity contribution in [1.29, 1.82) is 0 Å². The first-order chi connectivity index (χ1) is 7.61. The normalized spacial score (nSPS) is 32.3. The maximum Gasteiger partial charge on any atom is 0.0675 e. The fraction of sp³-hybridized carbons (Fsp3) is 0.857. The maximum absolute atomic E-state index is 6.08. The van der Waals surface area contributed by atoms with E-state index in [1.54, 1.807) is 0 Å². The van der Waals surface area contributed by atoms with E-state index in [9.17, 15) is 0 Å². The second-order valence-corrected chi connectivity index (χ2v) is 5.43. The highest BCUT2D eigenvalue weighted by Crippen LogP contribution is 2.30. The molecular weight excluding hydrogens is 198 g/mol. The van der Waals surface area contributed by atoms with Crippen LogP contribution in [-0.2, 0) is 4.74 Å². The Morgan fingerprint density at radius 1 is 1.31 bits per heavy atom. The van der Waals surface area contributed by atoms with Crippen LogP contribution in [0, 0.1) is 11.8 Å². The second-order valence-electron chi connectivity index (χ2n) is 5.43. The Kier molecular flexibility index (Phi) is 6.07. The summed E-state index contributed by atoms with van der Waals surface area (Å²) in [6.45, 7) is 12.3. The predicted molar refractivity (Wildman–Crippen MR) is 69.6 cm³/mol. The van der Waals surface area contributed by atoms with Crippen LogP contribution >= 0.6 is 0 Å². The van der Waals surface area contributed by atoms with Gasteiger partial charge in [-0.3, -0.25) is 0 Å². The third-order valence-electron chi connectivity index (χ3n) is 3.28. The zero-order valence-corrected chi connectivity index (χ0v) is 11.0. The molecule has 16 heavy (non-hydrogen) atoms. The molecule has 3 atom stereocenters. The third kappa shape index (κ3) is 5.13. The Labute approximate surface area is 100 Å². The van der Waals surface area contributed by atoms with E-state index in [4.69, 9.17) is 4.74 Å². The minimum atomic E-state index is 0.308. The summed E-state index contributed by atoms with van der Waals surface area (Å²) in [6, 6.07) is 0. The first-order valence-corrected chi connectivity index (χ1v) is 6.58.